The lowest BCUT2D eigenvalue weighted by molar-refractivity contribution is -0.132. The molecule has 0 aromatic heterocycles. The molecule has 0 saturated carbocycles. The van der Waals surface area contributed by atoms with Crippen LogP contribution in [0.4, 0.5) is 0 Å². The van der Waals surface area contributed by atoms with Crippen molar-refractivity contribution in [2.45, 2.75) is 32.2 Å². The molecule has 0 spiro atoms. The van der Waals surface area contributed by atoms with E-state index >= 15 is 0 Å². The van der Waals surface area contributed by atoms with Gasteiger partial charge < -0.3 is 15.1 Å². The van der Waals surface area contributed by atoms with Crippen LogP contribution in [0.15, 0.2) is 0 Å². The van der Waals surface area contributed by atoms with E-state index in [9.17, 15) is 4.79 Å². The van der Waals surface area contributed by atoms with Gasteiger partial charge in [0, 0.05) is 25.6 Å². The molecule has 1 fully saturated rings. The topological polar surface area (TPSA) is 35.6 Å². The lowest BCUT2D eigenvalue weighted by Crippen LogP contribution is -2.42. The number of hydrogen-bond donors (Lipinski definition) is 1. The van der Waals surface area contributed by atoms with E-state index in [1.54, 1.807) is 0 Å². The van der Waals surface area contributed by atoms with Crippen LogP contribution in [-0.4, -0.2) is 62.0 Å². The summed E-state index contributed by atoms with van der Waals surface area (Å²) in [6, 6.07) is 0.323. The van der Waals surface area contributed by atoms with Crippen molar-refractivity contribution in [2.24, 2.45) is 0 Å². The Balaban J connectivity index is 2.34. The fourth-order valence-corrected chi connectivity index (χ4v) is 2.02. The first-order valence-corrected chi connectivity index (χ1v) is 6.25. The molecular weight excluding hydrogens is 202 g/mol. The van der Waals surface area contributed by atoms with E-state index in [0.29, 0.717) is 18.4 Å². The average molecular weight is 227 g/mol. The van der Waals surface area contributed by atoms with Gasteiger partial charge in [0.15, 0.2) is 0 Å². The summed E-state index contributed by atoms with van der Waals surface area (Å²) in [5.74, 6) is 0.304. The van der Waals surface area contributed by atoms with Crippen LogP contribution in [-0.2, 0) is 4.79 Å². The molecule has 0 bridgehead atoms. The number of hydrogen-bond acceptors (Lipinski definition) is 3. The third kappa shape index (κ3) is 4.94. The van der Waals surface area contributed by atoms with Crippen LogP contribution in [0, 0.1) is 0 Å². The standard InChI is InChI=1S/C12H25N3O/c1-11-10-12(16)15(8-4-6-13-11)9-5-7-14(2)3/h11,13H,4-10H2,1-3H3. The molecule has 1 aliphatic heterocycles. The minimum absolute atomic E-state index is 0.304. The highest BCUT2D eigenvalue weighted by molar-refractivity contribution is 5.76. The number of nitrogens with zero attached hydrogens (tertiary/aromatic N) is 2. The van der Waals surface area contributed by atoms with E-state index < -0.39 is 0 Å². The van der Waals surface area contributed by atoms with Crippen LogP contribution < -0.4 is 5.32 Å². The second kappa shape index (κ2) is 6.86. The number of amides is 1. The molecule has 1 saturated heterocycles. The van der Waals surface area contributed by atoms with Gasteiger partial charge in [0.05, 0.1) is 0 Å². The zero-order valence-electron chi connectivity index (χ0n) is 10.8. The SMILES string of the molecule is CC1CC(=O)N(CCCN(C)C)CCCN1. The quantitative estimate of drug-likeness (QED) is 0.761. The second-order valence-corrected chi connectivity index (χ2v) is 4.95. The molecule has 1 unspecified atom stereocenters. The van der Waals surface area contributed by atoms with Crippen molar-refractivity contribution < 1.29 is 4.79 Å². The van der Waals surface area contributed by atoms with E-state index in [1.165, 1.54) is 0 Å². The van der Waals surface area contributed by atoms with Crippen molar-refractivity contribution in [2.75, 3.05) is 40.3 Å². The van der Waals surface area contributed by atoms with Gasteiger partial charge in [-0.25, -0.2) is 0 Å². The summed E-state index contributed by atoms with van der Waals surface area (Å²) in [6.07, 6.45) is 2.78. The minimum atomic E-state index is 0.304. The first kappa shape index (κ1) is 13.5. The zero-order chi connectivity index (χ0) is 12.0. The van der Waals surface area contributed by atoms with Crippen molar-refractivity contribution in [3.63, 3.8) is 0 Å². The van der Waals surface area contributed by atoms with Gasteiger partial charge in [-0.3, -0.25) is 4.79 Å². The van der Waals surface area contributed by atoms with E-state index in [2.05, 4.69) is 31.2 Å². The lowest BCUT2D eigenvalue weighted by atomic mass is 10.1. The Hall–Kier alpha value is -0.610. The van der Waals surface area contributed by atoms with Gasteiger partial charge in [0.25, 0.3) is 0 Å². The Morgan fingerprint density at radius 2 is 2.25 bits per heavy atom. The van der Waals surface area contributed by atoms with Gasteiger partial charge >= 0.3 is 0 Å². The molecule has 94 valence electrons. The van der Waals surface area contributed by atoms with E-state index in [-0.39, 0.29) is 0 Å². The summed E-state index contributed by atoms with van der Waals surface area (Å²) < 4.78 is 0. The molecule has 1 aliphatic rings. The first-order valence-electron chi connectivity index (χ1n) is 6.25. The Bertz CT molecular complexity index is 218. The van der Waals surface area contributed by atoms with E-state index in [1.807, 2.05) is 4.90 Å². The normalized spacial score (nSPS) is 23.4. The van der Waals surface area contributed by atoms with Crippen LogP contribution in [0.25, 0.3) is 0 Å². The predicted octanol–water partition coefficient (Wildman–Crippen LogP) is 0.539. The van der Waals surface area contributed by atoms with Crippen LogP contribution in [0.5, 0.6) is 0 Å². The van der Waals surface area contributed by atoms with Gasteiger partial charge in [-0.15, -0.1) is 0 Å². The molecule has 4 heteroatoms. The molecule has 1 heterocycles. The predicted molar refractivity (Wildman–Crippen MR) is 66.4 cm³/mol. The van der Waals surface area contributed by atoms with E-state index in [0.717, 1.165) is 39.0 Å². The molecule has 4 nitrogen and oxygen atoms in total. The Labute approximate surface area is 99.0 Å². The molecule has 16 heavy (non-hydrogen) atoms. The molecule has 1 amide bonds. The van der Waals surface area contributed by atoms with Crippen molar-refractivity contribution in [1.29, 1.82) is 0 Å². The van der Waals surface area contributed by atoms with Gasteiger partial charge in [0.2, 0.25) is 5.91 Å². The summed E-state index contributed by atoms with van der Waals surface area (Å²) in [4.78, 5) is 16.1. The van der Waals surface area contributed by atoms with Gasteiger partial charge in [-0.05, 0) is 47.0 Å². The molecule has 0 radical (unpaired) electrons. The maximum atomic E-state index is 11.9. The molecule has 1 N–H and O–H groups in total. The lowest BCUT2D eigenvalue weighted by Gasteiger charge is -2.28. The van der Waals surface area contributed by atoms with Crippen molar-refractivity contribution in [3.05, 3.63) is 0 Å². The maximum Gasteiger partial charge on any atom is 0.224 e. The maximum absolute atomic E-state index is 11.9. The van der Waals surface area contributed by atoms with E-state index in [4.69, 9.17) is 0 Å². The van der Waals surface area contributed by atoms with Crippen LogP contribution in [0.3, 0.4) is 0 Å². The Morgan fingerprint density at radius 3 is 2.94 bits per heavy atom. The Morgan fingerprint density at radius 1 is 1.50 bits per heavy atom. The highest BCUT2D eigenvalue weighted by Gasteiger charge is 2.18. The molecule has 0 aromatic carbocycles. The summed E-state index contributed by atoms with van der Waals surface area (Å²) in [5.41, 5.74) is 0. The second-order valence-electron chi connectivity index (χ2n) is 4.95. The number of carbonyl (C=O) groups excluding carboxylic acids is 1. The van der Waals surface area contributed by atoms with Gasteiger partial charge in [-0.2, -0.15) is 0 Å². The average Bonchev–Trinajstić information content (AvgIpc) is 2.18. The monoisotopic (exact) mass is 227 g/mol. The molecule has 1 rings (SSSR count). The molecule has 0 aliphatic carbocycles. The summed E-state index contributed by atoms with van der Waals surface area (Å²) in [6.45, 7) is 5.98. The molecule has 1 atom stereocenters. The largest absolute Gasteiger partial charge is 0.343 e. The van der Waals surface area contributed by atoms with Crippen molar-refractivity contribution in [3.8, 4) is 0 Å². The van der Waals surface area contributed by atoms with Gasteiger partial charge in [0.1, 0.15) is 0 Å². The number of nitrogens with one attached hydrogen (secondary N) is 1. The fraction of sp³-hybridized carbons (Fsp3) is 0.917. The Kier molecular flexibility index (Phi) is 5.77. The number of carbonyl (C=O) groups is 1. The zero-order valence-corrected chi connectivity index (χ0v) is 10.8. The van der Waals surface area contributed by atoms with Crippen LogP contribution in [0.1, 0.15) is 26.2 Å². The third-order valence-electron chi connectivity index (χ3n) is 2.96. The summed E-state index contributed by atoms with van der Waals surface area (Å²) >= 11 is 0. The fourth-order valence-electron chi connectivity index (χ4n) is 2.02. The minimum Gasteiger partial charge on any atom is -0.343 e. The molecule has 0 aromatic rings. The smallest absolute Gasteiger partial charge is 0.224 e. The number of rotatable bonds is 4. The first-order chi connectivity index (χ1) is 7.59. The highest BCUT2D eigenvalue weighted by atomic mass is 16.2. The van der Waals surface area contributed by atoms with Crippen LogP contribution >= 0.6 is 0 Å². The molecular formula is C12H25N3O. The van der Waals surface area contributed by atoms with Gasteiger partial charge in [-0.1, -0.05) is 0 Å². The highest BCUT2D eigenvalue weighted by Crippen LogP contribution is 2.05. The third-order valence-corrected chi connectivity index (χ3v) is 2.96. The summed E-state index contributed by atoms with van der Waals surface area (Å²) in [5, 5.41) is 3.35. The summed E-state index contributed by atoms with van der Waals surface area (Å²) in [7, 11) is 4.14. The van der Waals surface area contributed by atoms with Crippen molar-refractivity contribution >= 4 is 5.91 Å². The van der Waals surface area contributed by atoms with Crippen LogP contribution in [0.2, 0.25) is 0 Å². The van der Waals surface area contributed by atoms with Crippen molar-refractivity contribution in [1.82, 2.24) is 15.1 Å².